The summed E-state index contributed by atoms with van der Waals surface area (Å²) in [5.41, 5.74) is 10.0. The van der Waals surface area contributed by atoms with E-state index in [1.54, 1.807) is 29.1 Å². The molecule has 1 unspecified atom stereocenters. The van der Waals surface area contributed by atoms with Gasteiger partial charge in [0.25, 0.3) is 17.7 Å². The number of nitrogens with one attached hydrogen (secondary N) is 2. The first-order chi connectivity index (χ1) is 32.7. The molecule has 2 saturated heterocycles. The second kappa shape index (κ2) is 20.3. The minimum absolute atomic E-state index is 0.0843. The maximum Gasteiger partial charge on any atom is 0.276 e. The molecular weight excluding hydrogens is 853 g/mol. The highest BCUT2D eigenvalue weighted by Gasteiger charge is 2.45. The van der Waals surface area contributed by atoms with E-state index in [1.807, 2.05) is 64.2 Å². The number of carbonyl (C=O) groups is 5. The summed E-state index contributed by atoms with van der Waals surface area (Å²) in [6, 6.07) is 21.3. The number of para-hydroxylation sites is 1. The number of rotatable bonds is 19. The number of nitrogens with two attached hydrogens (primary N) is 1. The van der Waals surface area contributed by atoms with Gasteiger partial charge in [0.2, 0.25) is 11.8 Å². The number of hydrogen-bond donors (Lipinski definition) is 3. The second-order valence-corrected chi connectivity index (χ2v) is 17.4. The fourth-order valence-corrected chi connectivity index (χ4v) is 9.29. The standard InChI is InChI=1S/C49H54N12O6/c50-44-42-43(32-20-22-35(23-21-32)67-34-16-9-8-10-17-34)56-61(45(42)53-31-52-44)33-15-14-27-58(29-33)48(65)38-30-59(57-55-38)28-12-7-5-3-1-2-4-6-11-26-51-37-19-13-18-36-41(37)49(66)60(47(36)64)39-24-25-40(62)54-46(39)63/h8-10,13,16-23,30-31,33,39,51H,1-7,11-12,14-15,24-29H2,(H2,50,52,53)(H,54,62,63)/t33-,39?/m1/s1. The van der Waals surface area contributed by atoms with Crippen LogP contribution >= 0.6 is 0 Å². The molecule has 0 aliphatic carbocycles. The third-order valence-electron chi connectivity index (χ3n) is 12.8. The van der Waals surface area contributed by atoms with Crippen LogP contribution < -0.4 is 21.1 Å². The Kier molecular flexibility index (Phi) is 13.6. The van der Waals surface area contributed by atoms with Gasteiger partial charge in [0.15, 0.2) is 11.3 Å². The first-order valence-corrected chi connectivity index (χ1v) is 23.3. The predicted octanol–water partition coefficient (Wildman–Crippen LogP) is 6.96. The molecule has 18 nitrogen and oxygen atoms in total. The highest BCUT2D eigenvalue weighted by Crippen LogP contribution is 2.36. The average Bonchev–Trinajstić information content (AvgIpc) is 4.05. The van der Waals surface area contributed by atoms with Crippen LogP contribution in [0.1, 0.15) is 121 Å². The number of likely N-dealkylation sites (tertiary alicyclic amines) is 1. The number of imide groups is 2. The van der Waals surface area contributed by atoms with Crippen molar-refractivity contribution in [3.63, 3.8) is 0 Å². The molecule has 0 radical (unpaired) electrons. The summed E-state index contributed by atoms with van der Waals surface area (Å²) >= 11 is 0. The van der Waals surface area contributed by atoms with E-state index in [-0.39, 0.29) is 35.9 Å². The number of anilines is 2. The molecule has 2 atom stereocenters. The van der Waals surface area contributed by atoms with Crippen molar-refractivity contribution in [2.24, 2.45) is 0 Å². The predicted molar refractivity (Wildman–Crippen MR) is 249 cm³/mol. The van der Waals surface area contributed by atoms with Crippen molar-refractivity contribution in [3.8, 4) is 22.8 Å². The monoisotopic (exact) mass is 906 g/mol. The fraction of sp³-hybridized carbons (Fsp3) is 0.388. The number of unbranched alkanes of at least 4 members (excludes halogenated alkanes) is 8. The molecule has 0 saturated carbocycles. The molecule has 3 aromatic carbocycles. The molecular formula is C49H54N12O6. The van der Waals surface area contributed by atoms with Crippen molar-refractivity contribution in [2.75, 3.05) is 30.7 Å². The lowest BCUT2D eigenvalue weighted by atomic mass is 10.0. The van der Waals surface area contributed by atoms with E-state index in [0.29, 0.717) is 65.9 Å². The van der Waals surface area contributed by atoms with Crippen molar-refractivity contribution >= 4 is 52.1 Å². The highest BCUT2D eigenvalue weighted by atomic mass is 16.5. The summed E-state index contributed by atoms with van der Waals surface area (Å²) in [6.07, 6.45) is 14.6. The highest BCUT2D eigenvalue weighted by molar-refractivity contribution is 6.25. The fourth-order valence-electron chi connectivity index (χ4n) is 9.29. The smallest absolute Gasteiger partial charge is 0.276 e. The van der Waals surface area contributed by atoms with E-state index in [9.17, 15) is 24.0 Å². The van der Waals surface area contributed by atoms with Crippen LogP contribution in [0.15, 0.2) is 85.3 Å². The van der Waals surface area contributed by atoms with Gasteiger partial charge in [-0.1, -0.05) is 74.4 Å². The number of amides is 5. The van der Waals surface area contributed by atoms with Crippen LogP contribution in [0.4, 0.5) is 11.5 Å². The summed E-state index contributed by atoms with van der Waals surface area (Å²) in [6.45, 7) is 2.41. The van der Waals surface area contributed by atoms with Crippen LogP contribution in [0, 0.1) is 0 Å². The van der Waals surface area contributed by atoms with Gasteiger partial charge < -0.3 is 20.7 Å². The van der Waals surface area contributed by atoms with Crippen molar-refractivity contribution in [1.29, 1.82) is 0 Å². The third-order valence-corrected chi connectivity index (χ3v) is 12.8. The molecule has 6 heterocycles. The maximum absolute atomic E-state index is 13.7. The van der Waals surface area contributed by atoms with E-state index in [2.05, 4.69) is 30.9 Å². The Labute approximate surface area is 387 Å². The van der Waals surface area contributed by atoms with Crippen molar-refractivity contribution < 1.29 is 28.7 Å². The van der Waals surface area contributed by atoms with Gasteiger partial charge in [-0.25, -0.2) is 14.6 Å². The normalized spacial score (nSPS) is 17.3. The molecule has 4 N–H and O–H groups in total. The van der Waals surface area contributed by atoms with Crippen LogP contribution in [0.3, 0.4) is 0 Å². The van der Waals surface area contributed by atoms with E-state index in [1.165, 1.54) is 6.33 Å². The Bertz CT molecular complexity index is 2770. The van der Waals surface area contributed by atoms with Gasteiger partial charge in [0.05, 0.1) is 28.8 Å². The molecule has 0 bridgehead atoms. The summed E-state index contributed by atoms with van der Waals surface area (Å²) < 4.78 is 9.64. The van der Waals surface area contributed by atoms with Crippen LogP contribution in [-0.4, -0.2) is 99.8 Å². The van der Waals surface area contributed by atoms with Crippen LogP contribution in [0.5, 0.6) is 11.5 Å². The number of aromatic nitrogens is 7. The first-order valence-electron chi connectivity index (χ1n) is 23.3. The zero-order chi connectivity index (χ0) is 46.3. The number of benzene rings is 3. The minimum Gasteiger partial charge on any atom is -0.457 e. The Morgan fingerprint density at radius 1 is 0.821 bits per heavy atom. The average molecular weight is 907 g/mol. The number of carbonyl (C=O) groups excluding carboxylic acids is 5. The molecule has 2 fully saturated rings. The van der Waals surface area contributed by atoms with Crippen LogP contribution in [-0.2, 0) is 16.1 Å². The number of nitrogen functional groups attached to an aromatic ring is 1. The largest absolute Gasteiger partial charge is 0.457 e. The van der Waals surface area contributed by atoms with Gasteiger partial charge in [-0.05, 0) is 80.6 Å². The van der Waals surface area contributed by atoms with Gasteiger partial charge in [-0.15, -0.1) is 5.10 Å². The Hall–Kier alpha value is -7.50. The second-order valence-electron chi connectivity index (χ2n) is 17.4. The lowest BCUT2D eigenvalue weighted by Crippen LogP contribution is -2.54. The number of hydrogen-bond acceptors (Lipinski definition) is 13. The van der Waals surface area contributed by atoms with E-state index in [4.69, 9.17) is 15.6 Å². The minimum atomic E-state index is -0.984. The Morgan fingerprint density at radius 2 is 1.57 bits per heavy atom. The summed E-state index contributed by atoms with van der Waals surface area (Å²) in [7, 11) is 0. The zero-order valence-electron chi connectivity index (χ0n) is 37.3. The number of aryl methyl sites for hydroxylation is 1. The number of fused-ring (bicyclic) bond motifs is 2. The SMILES string of the molecule is Nc1ncnc2c1c(-c1ccc(Oc3ccccc3)cc1)nn2[C@@H]1CCCN(C(=O)c2cn(CCCCCCCCCCCNc3cccc4c3C(=O)N(C3CCC(=O)NC3=O)C4=O)nn2)C1. The molecule has 346 valence electrons. The lowest BCUT2D eigenvalue weighted by Gasteiger charge is -2.32. The van der Waals surface area contributed by atoms with Gasteiger partial charge in [-0.2, -0.15) is 5.10 Å². The number of nitrogens with zero attached hydrogens (tertiary/aromatic N) is 9. The van der Waals surface area contributed by atoms with E-state index < -0.39 is 29.7 Å². The Morgan fingerprint density at radius 3 is 2.34 bits per heavy atom. The van der Waals surface area contributed by atoms with E-state index >= 15 is 0 Å². The van der Waals surface area contributed by atoms with Crippen LogP contribution in [0.25, 0.3) is 22.3 Å². The Balaban J connectivity index is 0.681. The lowest BCUT2D eigenvalue weighted by molar-refractivity contribution is -0.136. The molecule has 6 aromatic rings. The van der Waals surface area contributed by atoms with Crippen molar-refractivity contribution in [1.82, 2.24) is 49.9 Å². The molecule has 9 rings (SSSR count). The van der Waals surface area contributed by atoms with Gasteiger partial charge in [-0.3, -0.25) is 38.9 Å². The summed E-state index contributed by atoms with van der Waals surface area (Å²) in [4.78, 5) is 75.9. The number of ether oxygens (including phenoxy) is 1. The zero-order valence-corrected chi connectivity index (χ0v) is 37.3. The summed E-state index contributed by atoms with van der Waals surface area (Å²) in [5, 5.41) is 19.8. The third kappa shape index (κ3) is 9.88. The van der Waals surface area contributed by atoms with Gasteiger partial charge in [0, 0.05) is 43.9 Å². The van der Waals surface area contributed by atoms with E-state index in [0.717, 1.165) is 86.8 Å². The topological polar surface area (TPSA) is 225 Å². The molecule has 5 amide bonds. The molecule has 3 aliphatic rings. The number of piperidine rings is 2. The van der Waals surface area contributed by atoms with Gasteiger partial charge >= 0.3 is 0 Å². The molecule has 3 aliphatic heterocycles. The van der Waals surface area contributed by atoms with Crippen molar-refractivity contribution in [2.45, 2.75) is 102 Å². The maximum atomic E-state index is 13.7. The molecule has 3 aromatic heterocycles. The van der Waals surface area contributed by atoms with Crippen LogP contribution in [0.2, 0.25) is 0 Å². The molecule has 18 heteroatoms. The van der Waals surface area contributed by atoms with Gasteiger partial charge in [0.1, 0.15) is 35.4 Å². The molecule has 67 heavy (non-hydrogen) atoms. The van der Waals surface area contributed by atoms with Crippen molar-refractivity contribution in [3.05, 3.63) is 102 Å². The quantitative estimate of drug-likeness (QED) is 0.0553. The summed E-state index contributed by atoms with van der Waals surface area (Å²) in [5.74, 6) is -0.389. The first kappa shape index (κ1) is 44.7. The molecule has 0 spiro atoms.